The van der Waals surface area contributed by atoms with E-state index in [0.717, 1.165) is 19.3 Å². The summed E-state index contributed by atoms with van der Waals surface area (Å²) < 4.78 is 0. The molecule has 1 aliphatic carbocycles. The number of ketones is 1. The van der Waals surface area contributed by atoms with Gasteiger partial charge in [-0.15, -0.1) is 11.3 Å². The Morgan fingerprint density at radius 3 is 3.08 bits per heavy atom. The molecule has 0 amide bonds. The van der Waals surface area contributed by atoms with Gasteiger partial charge in [0.2, 0.25) is 0 Å². The fraction of sp³-hybridized carbons (Fsp3) is 0.600. The predicted molar refractivity (Wildman–Crippen MR) is 53.1 cm³/mol. The summed E-state index contributed by atoms with van der Waals surface area (Å²) >= 11 is 1.73. The third-order valence-corrected chi connectivity index (χ3v) is 3.44. The summed E-state index contributed by atoms with van der Waals surface area (Å²) in [5.41, 5.74) is 1.19. The molecular formula is C10H13NOS. The van der Waals surface area contributed by atoms with Crippen LogP contribution in [-0.2, 0) is 24.1 Å². The number of thiazole rings is 1. The molecule has 0 unspecified atom stereocenters. The van der Waals surface area contributed by atoms with Gasteiger partial charge in [-0.05, 0) is 19.3 Å². The van der Waals surface area contributed by atoms with Crippen LogP contribution in [0.25, 0.3) is 0 Å². The third kappa shape index (κ3) is 1.80. The molecule has 1 heterocycles. The van der Waals surface area contributed by atoms with E-state index in [1.165, 1.54) is 15.6 Å². The average Bonchev–Trinajstić information content (AvgIpc) is 2.46. The number of hydrogen-bond acceptors (Lipinski definition) is 3. The van der Waals surface area contributed by atoms with Crippen LogP contribution in [0.1, 0.15) is 35.3 Å². The second kappa shape index (κ2) is 3.58. The summed E-state index contributed by atoms with van der Waals surface area (Å²) in [6.07, 6.45) is 4.40. The van der Waals surface area contributed by atoms with Crippen molar-refractivity contribution in [2.75, 3.05) is 0 Å². The first kappa shape index (κ1) is 8.88. The Kier molecular flexibility index (Phi) is 2.44. The molecule has 0 atom stereocenters. The summed E-state index contributed by atoms with van der Waals surface area (Å²) in [6, 6.07) is 0. The molecule has 2 nitrogen and oxygen atoms in total. The number of rotatable bonds is 2. The molecule has 0 radical (unpaired) electrons. The summed E-state index contributed by atoms with van der Waals surface area (Å²) in [4.78, 5) is 16.9. The standard InChI is InChI=1S/C10H13NOS/c1-2-3-10-11-8-5-4-7(12)6-9(8)13-10/h2-6H2,1H3. The van der Waals surface area contributed by atoms with Crippen molar-refractivity contribution in [3.63, 3.8) is 0 Å². The highest BCUT2D eigenvalue weighted by Gasteiger charge is 2.19. The van der Waals surface area contributed by atoms with E-state index in [4.69, 9.17) is 0 Å². The van der Waals surface area contributed by atoms with Gasteiger partial charge in [-0.1, -0.05) is 6.92 Å². The second-order valence-electron chi connectivity index (χ2n) is 3.44. The molecule has 1 aliphatic rings. The lowest BCUT2D eigenvalue weighted by atomic mass is 10.0. The lowest BCUT2D eigenvalue weighted by Crippen LogP contribution is -2.11. The topological polar surface area (TPSA) is 30.0 Å². The van der Waals surface area contributed by atoms with Crippen LogP contribution >= 0.6 is 11.3 Å². The number of carbonyl (C=O) groups is 1. The third-order valence-electron chi connectivity index (χ3n) is 2.28. The van der Waals surface area contributed by atoms with Crippen molar-refractivity contribution in [2.24, 2.45) is 0 Å². The highest BCUT2D eigenvalue weighted by atomic mass is 32.1. The Balaban J connectivity index is 2.23. The van der Waals surface area contributed by atoms with Gasteiger partial charge in [-0.2, -0.15) is 0 Å². The Labute approximate surface area is 82.0 Å². The Morgan fingerprint density at radius 1 is 1.46 bits per heavy atom. The van der Waals surface area contributed by atoms with Gasteiger partial charge in [0.25, 0.3) is 0 Å². The van der Waals surface area contributed by atoms with Crippen molar-refractivity contribution in [2.45, 2.75) is 39.0 Å². The van der Waals surface area contributed by atoms with Gasteiger partial charge >= 0.3 is 0 Å². The van der Waals surface area contributed by atoms with Gasteiger partial charge in [-0.25, -0.2) is 4.98 Å². The van der Waals surface area contributed by atoms with Gasteiger partial charge in [0.1, 0.15) is 5.78 Å². The molecule has 0 bridgehead atoms. The molecule has 2 rings (SSSR count). The second-order valence-corrected chi connectivity index (χ2v) is 4.61. The summed E-state index contributed by atoms with van der Waals surface area (Å²) in [6.45, 7) is 2.16. The van der Waals surface area contributed by atoms with Crippen LogP contribution in [0.5, 0.6) is 0 Å². The maximum absolute atomic E-state index is 11.2. The number of carbonyl (C=O) groups excluding carboxylic acids is 1. The van der Waals surface area contributed by atoms with Crippen molar-refractivity contribution < 1.29 is 4.79 Å². The molecule has 13 heavy (non-hydrogen) atoms. The van der Waals surface area contributed by atoms with E-state index in [-0.39, 0.29) is 0 Å². The zero-order valence-corrected chi connectivity index (χ0v) is 8.62. The van der Waals surface area contributed by atoms with Crippen LogP contribution in [0.15, 0.2) is 0 Å². The van der Waals surface area contributed by atoms with Gasteiger partial charge in [0.15, 0.2) is 0 Å². The SMILES string of the molecule is CCCc1nc2c(s1)CC(=O)CC2. The van der Waals surface area contributed by atoms with Crippen LogP contribution in [0.3, 0.4) is 0 Å². The van der Waals surface area contributed by atoms with E-state index in [9.17, 15) is 4.79 Å². The first-order chi connectivity index (χ1) is 6.29. The number of fused-ring (bicyclic) bond motifs is 1. The van der Waals surface area contributed by atoms with Crippen LogP contribution in [0.2, 0.25) is 0 Å². The van der Waals surface area contributed by atoms with Crippen molar-refractivity contribution in [1.82, 2.24) is 4.98 Å². The van der Waals surface area contributed by atoms with Crippen LogP contribution in [-0.4, -0.2) is 10.8 Å². The van der Waals surface area contributed by atoms with Crippen molar-refractivity contribution in [1.29, 1.82) is 0 Å². The fourth-order valence-corrected chi connectivity index (χ4v) is 2.86. The van der Waals surface area contributed by atoms with Crippen molar-refractivity contribution in [3.8, 4) is 0 Å². The van der Waals surface area contributed by atoms with E-state index in [1.54, 1.807) is 11.3 Å². The molecule has 0 N–H and O–H groups in total. The molecule has 3 heteroatoms. The van der Waals surface area contributed by atoms with Crippen molar-refractivity contribution in [3.05, 3.63) is 15.6 Å². The Hall–Kier alpha value is -0.700. The first-order valence-electron chi connectivity index (χ1n) is 4.78. The highest BCUT2D eigenvalue weighted by Crippen LogP contribution is 2.25. The quantitative estimate of drug-likeness (QED) is 0.723. The summed E-state index contributed by atoms with van der Waals surface area (Å²) in [5, 5.41) is 1.21. The van der Waals surface area contributed by atoms with Gasteiger partial charge in [0.05, 0.1) is 10.7 Å². The molecule has 0 aliphatic heterocycles. The minimum atomic E-state index is 0.374. The monoisotopic (exact) mass is 195 g/mol. The normalized spacial score (nSPS) is 15.9. The lowest BCUT2D eigenvalue weighted by Gasteiger charge is -2.06. The fourth-order valence-electron chi connectivity index (χ4n) is 1.62. The van der Waals surface area contributed by atoms with E-state index in [1.807, 2.05) is 0 Å². The number of hydrogen-bond donors (Lipinski definition) is 0. The van der Waals surface area contributed by atoms with Gasteiger partial charge in [-0.3, -0.25) is 4.79 Å². The summed E-state index contributed by atoms with van der Waals surface area (Å²) in [7, 11) is 0. The number of nitrogens with zero attached hydrogens (tertiary/aromatic N) is 1. The van der Waals surface area contributed by atoms with E-state index in [2.05, 4.69) is 11.9 Å². The van der Waals surface area contributed by atoms with Gasteiger partial charge < -0.3 is 0 Å². The Morgan fingerprint density at radius 2 is 2.31 bits per heavy atom. The number of aryl methyl sites for hydroxylation is 2. The zero-order chi connectivity index (χ0) is 9.26. The smallest absolute Gasteiger partial charge is 0.138 e. The first-order valence-corrected chi connectivity index (χ1v) is 5.60. The minimum Gasteiger partial charge on any atom is -0.299 e. The molecule has 0 saturated carbocycles. The number of Topliss-reactive ketones (excluding diaryl/α,β-unsaturated/α-hetero) is 1. The van der Waals surface area contributed by atoms with E-state index >= 15 is 0 Å². The Bertz CT molecular complexity index is 330. The molecule has 0 fully saturated rings. The molecule has 0 aromatic carbocycles. The number of aromatic nitrogens is 1. The average molecular weight is 195 g/mol. The van der Waals surface area contributed by atoms with Crippen LogP contribution in [0.4, 0.5) is 0 Å². The van der Waals surface area contributed by atoms with E-state index in [0.29, 0.717) is 18.6 Å². The molecule has 70 valence electrons. The predicted octanol–water partition coefficient (Wildman–Crippen LogP) is 2.15. The molecule has 0 spiro atoms. The minimum absolute atomic E-state index is 0.374. The summed E-state index contributed by atoms with van der Waals surface area (Å²) in [5.74, 6) is 0.374. The maximum atomic E-state index is 11.2. The molecular weight excluding hydrogens is 182 g/mol. The highest BCUT2D eigenvalue weighted by molar-refractivity contribution is 7.11. The van der Waals surface area contributed by atoms with Gasteiger partial charge in [0, 0.05) is 17.7 Å². The molecule has 1 aromatic heterocycles. The zero-order valence-electron chi connectivity index (χ0n) is 7.80. The maximum Gasteiger partial charge on any atom is 0.138 e. The van der Waals surface area contributed by atoms with Crippen LogP contribution in [0, 0.1) is 0 Å². The lowest BCUT2D eigenvalue weighted by molar-refractivity contribution is -0.118. The van der Waals surface area contributed by atoms with E-state index < -0.39 is 0 Å². The molecule has 0 saturated heterocycles. The molecule has 1 aromatic rings. The van der Waals surface area contributed by atoms with Crippen LogP contribution < -0.4 is 0 Å². The van der Waals surface area contributed by atoms with Crippen molar-refractivity contribution >= 4 is 17.1 Å². The largest absolute Gasteiger partial charge is 0.299 e.